The molecule has 0 unspecified atom stereocenters. The molecule has 1 aromatic heterocycles. The third-order valence-electron chi connectivity index (χ3n) is 8.77. The highest BCUT2D eigenvalue weighted by molar-refractivity contribution is 6.36. The number of hydrogen-bond acceptors (Lipinski definition) is 7. The largest absolute Gasteiger partial charge is 0.478 e. The Morgan fingerprint density at radius 2 is 1.81 bits per heavy atom. The van der Waals surface area contributed by atoms with Crippen molar-refractivity contribution >= 4 is 58.8 Å². The van der Waals surface area contributed by atoms with Crippen molar-refractivity contribution in [3.8, 4) is 17.0 Å². The molecule has 0 aliphatic carbocycles. The normalized spacial score (nSPS) is 14.1. The number of piperazine rings is 1. The minimum absolute atomic E-state index is 0.0276. The topological polar surface area (TPSA) is 108 Å². The fraction of sp³-hybridized carbons (Fsp3) is 0.316. The number of halogens is 3. The van der Waals surface area contributed by atoms with Crippen molar-refractivity contribution in [1.82, 2.24) is 14.8 Å². The Hall–Kier alpha value is -5.07. The summed E-state index contributed by atoms with van der Waals surface area (Å²) in [5.74, 6) is -0.395. The molecule has 14 heteroatoms. The van der Waals surface area contributed by atoms with Crippen LogP contribution in [0.15, 0.2) is 79.0 Å². The van der Waals surface area contributed by atoms with E-state index in [9.17, 15) is 14.4 Å². The van der Waals surface area contributed by atoms with Gasteiger partial charge in [0.15, 0.2) is 5.82 Å². The Balaban J connectivity index is 1.42. The smallest absolute Gasteiger partial charge is 0.409 e. The van der Waals surface area contributed by atoms with E-state index >= 15 is 4.39 Å². The first-order chi connectivity index (χ1) is 25.1. The van der Waals surface area contributed by atoms with E-state index in [0.717, 1.165) is 5.56 Å². The molecule has 1 aliphatic heterocycles. The summed E-state index contributed by atoms with van der Waals surface area (Å²) in [4.78, 5) is 49.6. The van der Waals surface area contributed by atoms with E-state index in [1.54, 1.807) is 60.6 Å². The van der Waals surface area contributed by atoms with Gasteiger partial charge in [0.05, 0.1) is 23.0 Å². The third-order valence-corrected chi connectivity index (χ3v) is 9.32. The monoisotopic (exact) mass is 750 g/mol. The summed E-state index contributed by atoms with van der Waals surface area (Å²) in [5.41, 5.74) is 2.40. The quantitative estimate of drug-likeness (QED) is 0.138. The summed E-state index contributed by atoms with van der Waals surface area (Å²) in [6.07, 6.45) is 2.15. The van der Waals surface area contributed by atoms with Gasteiger partial charge in [0.1, 0.15) is 12.3 Å². The van der Waals surface area contributed by atoms with E-state index in [2.05, 4.69) is 10.3 Å². The molecule has 3 aromatic carbocycles. The second-order valence-corrected chi connectivity index (χ2v) is 12.9. The fourth-order valence-corrected chi connectivity index (χ4v) is 6.46. The maximum absolute atomic E-state index is 17.1. The highest BCUT2D eigenvalue weighted by Crippen LogP contribution is 2.41. The van der Waals surface area contributed by atoms with Crippen LogP contribution in [0, 0.1) is 5.82 Å². The van der Waals surface area contributed by atoms with Crippen LogP contribution in [0.2, 0.25) is 10.0 Å². The summed E-state index contributed by atoms with van der Waals surface area (Å²) in [7, 11) is 1.56. The summed E-state index contributed by atoms with van der Waals surface area (Å²) >= 11 is 12.3. The molecule has 274 valence electrons. The van der Waals surface area contributed by atoms with Crippen LogP contribution >= 0.6 is 23.2 Å². The minimum Gasteiger partial charge on any atom is -0.478 e. The third kappa shape index (κ3) is 9.04. The van der Waals surface area contributed by atoms with Gasteiger partial charge >= 0.3 is 12.1 Å². The standard InChI is InChI=1S/C38H41Cl2FN6O5/c1-4-28-23-45(37(49)43-32-15-13-27(39)22-31(32)40)20-21-47(28)33-16-14-29(30-12-9-17-42-36(30)51-5-2)34(41)35(33)46(25-48)19-18-44(3)38(50)52-24-26-10-7-6-8-11-26/h6-17,22,25,28H,4-5,18-21,23-24H2,1-3H3,(H,43,49)/t28-/m1/s1. The van der Waals surface area contributed by atoms with Crippen LogP contribution in [-0.4, -0.2) is 85.7 Å². The Morgan fingerprint density at radius 1 is 1.02 bits per heavy atom. The number of nitrogens with one attached hydrogen (secondary N) is 1. The Morgan fingerprint density at radius 3 is 2.52 bits per heavy atom. The van der Waals surface area contributed by atoms with Crippen LogP contribution in [-0.2, 0) is 16.1 Å². The number of benzene rings is 3. The number of ether oxygens (including phenoxy) is 2. The van der Waals surface area contributed by atoms with Gasteiger partial charge in [-0.05, 0) is 61.4 Å². The van der Waals surface area contributed by atoms with Crippen molar-refractivity contribution in [2.24, 2.45) is 0 Å². The van der Waals surface area contributed by atoms with Crippen LogP contribution in [0.5, 0.6) is 5.88 Å². The summed E-state index contributed by atoms with van der Waals surface area (Å²) in [5, 5.41) is 3.62. The van der Waals surface area contributed by atoms with Gasteiger partial charge in [-0.1, -0.05) is 60.5 Å². The number of hydrogen-bond donors (Lipinski definition) is 1. The lowest BCUT2D eigenvalue weighted by molar-refractivity contribution is -0.107. The van der Waals surface area contributed by atoms with Crippen LogP contribution in [0.4, 0.5) is 31.0 Å². The van der Waals surface area contributed by atoms with E-state index in [0.29, 0.717) is 66.1 Å². The number of nitrogens with zero attached hydrogens (tertiary/aromatic N) is 5. The molecule has 1 saturated heterocycles. The molecule has 4 amide bonds. The highest BCUT2D eigenvalue weighted by atomic mass is 35.5. The average Bonchev–Trinajstić information content (AvgIpc) is 3.16. The van der Waals surface area contributed by atoms with Gasteiger partial charge in [-0.15, -0.1) is 0 Å². The zero-order valence-electron chi connectivity index (χ0n) is 29.2. The van der Waals surface area contributed by atoms with Crippen molar-refractivity contribution in [1.29, 1.82) is 0 Å². The number of rotatable bonds is 13. The molecule has 4 aromatic rings. The van der Waals surface area contributed by atoms with Crippen molar-refractivity contribution in [3.05, 3.63) is 100 Å². The van der Waals surface area contributed by atoms with Crippen LogP contribution in [0.1, 0.15) is 25.8 Å². The number of carbonyl (C=O) groups is 3. The summed E-state index contributed by atoms with van der Waals surface area (Å²) < 4.78 is 28.2. The van der Waals surface area contributed by atoms with Gasteiger partial charge in [-0.3, -0.25) is 4.79 Å². The molecule has 0 bridgehead atoms. The molecule has 0 spiro atoms. The molecule has 11 nitrogen and oxygen atoms in total. The predicted octanol–water partition coefficient (Wildman–Crippen LogP) is 7.96. The zero-order valence-corrected chi connectivity index (χ0v) is 30.7. The lowest BCUT2D eigenvalue weighted by atomic mass is 10.0. The summed E-state index contributed by atoms with van der Waals surface area (Å²) in [6.45, 7) is 5.22. The first kappa shape index (κ1) is 38.2. The van der Waals surface area contributed by atoms with E-state index in [1.165, 1.54) is 9.80 Å². The second kappa shape index (κ2) is 17.9. The SMILES string of the molecule is CCOc1ncccc1-c1ccc(N2CCN(C(=O)Nc3ccc(Cl)cc3Cl)C[C@H]2CC)c(N(C=O)CCN(C)C(=O)OCc2ccccc2)c1F. The van der Waals surface area contributed by atoms with Crippen molar-refractivity contribution < 1.29 is 28.2 Å². The molecule has 2 heterocycles. The first-order valence-electron chi connectivity index (χ1n) is 17.0. The molecule has 1 N–H and O–H groups in total. The zero-order chi connectivity index (χ0) is 37.2. The van der Waals surface area contributed by atoms with Gasteiger partial charge in [0.2, 0.25) is 12.3 Å². The van der Waals surface area contributed by atoms with Crippen molar-refractivity contribution in [2.75, 3.05) is 61.5 Å². The molecule has 5 rings (SSSR count). The van der Waals surface area contributed by atoms with Gasteiger partial charge in [0, 0.05) is 68.2 Å². The van der Waals surface area contributed by atoms with Gasteiger partial charge in [-0.25, -0.2) is 19.0 Å². The molecular formula is C38H41Cl2FN6O5. The van der Waals surface area contributed by atoms with Gasteiger partial charge in [0.25, 0.3) is 0 Å². The van der Waals surface area contributed by atoms with Crippen molar-refractivity contribution in [3.63, 3.8) is 0 Å². The molecule has 1 atom stereocenters. The maximum Gasteiger partial charge on any atom is 0.409 e. The second-order valence-electron chi connectivity index (χ2n) is 12.1. The number of pyridine rings is 1. The average molecular weight is 752 g/mol. The van der Waals surface area contributed by atoms with Crippen LogP contribution in [0.3, 0.4) is 0 Å². The fourth-order valence-electron chi connectivity index (χ4n) is 6.00. The number of urea groups is 1. The Bertz CT molecular complexity index is 1870. The van der Waals surface area contributed by atoms with E-state index in [-0.39, 0.29) is 48.9 Å². The predicted molar refractivity (Wildman–Crippen MR) is 202 cm³/mol. The lowest BCUT2D eigenvalue weighted by Crippen LogP contribution is -2.56. The molecule has 1 aliphatic rings. The molecular weight excluding hydrogens is 710 g/mol. The van der Waals surface area contributed by atoms with E-state index in [4.69, 9.17) is 32.7 Å². The highest BCUT2D eigenvalue weighted by Gasteiger charge is 2.33. The molecule has 0 saturated carbocycles. The number of carbonyl (C=O) groups excluding carboxylic acids is 3. The van der Waals surface area contributed by atoms with Crippen LogP contribution in [0.25, 0.3) is 11.1 Å². The molecule has 0 radical (unpaired) electrons. The van der Waals surface area contributed by atoms with Gasteiger partial charge in [-0.2, -0.15) is 0 Å². The Kier molecular flexibility index (Phi) is 13.2. The lowest BCUT2D eigenvalue weighted by Gasteiger charge is -2.43. The first-order valence-corrected chi connectivity index (χ1v) is 17.7. The summed E-state index contributed by atoms with van der Waals surface area (Å²) in [6, 6.07) is 20.4. The number of likely N-dealkylation sites (N-methyl/N-ethyl adjacent to an activating group) is 1. The van der Waals surface area contributed by atoms with Gasteiger partial charge < -0.3 is 34.4 Å². The number of anilines is 3. The minimum atomic E-state index is -0.653. The maximum atomic E-state index is 17.1. The van der Waals surface area contributed by atoms with E-state index in [1.807, 2.05) is 49.1 Å². The van der Waals surface area contributed by atoms with Crippen molar-refractivity contribution in [2.45, 2.75) is 32.9 Å². The number of aromatic nitrogens is 1. The Labute approximate surface area is 312 Å². The molecule has 1 fully saturated rings. The number of amides is 4. The van der Waals surface area contributed by atoms with E-state index < -0.39 is 11.9 Å². The van der Waals surface area contributed by atoms with Crippen LogP contribution < -0.4 is 19.9 Å². The molecule has 52 heavy (non-hydrogen) atoms.